The van der Waals surface area contributed by atoms with Gasteiger partial charge in [0, 0.05) is 17.7 Å². The van der Waals surface area contributed by atoms with Gasteiger partial charge in [-0.3, -0.25) is 0 Å². The van der Waals surface area contributed by atoms with Gasteiger partial charge < -0.3 is 15.2 Å². The molecule has 0 aliphatic carbocycles. The minimum Gasteiger partial charge on any atom is -0.496 e. The van der Waals surface area contributed by atoms with E-state index in [4.69, 9.17) is 10.5 Å². The number of alkyl halides is 3. The molecule has 1 atom stereocenters. The van der Waals surface area contributed by atoms with E-state index < -0.39 is 6.36 Å². The topological polar surface area (TPSA) is 44.5 Å². The second kappa shape index (κ2) is 5.97. The summed E-state index contributed by atoms with van der Waals surface area (Å²) in [6.07, 6.45) is -4.71. The predicted molar refractivity (Wildman–Crippen MR) is 59.5 cm³/mol. The third kappa shape index (κ3) is 4.70. The zero-order valence-corrected chi connectivity index (χ0v) is 10.1. The van der Waals surface area contributed by atoms with Gasteiger partial charge in [-0.05, 0) is 13.0 Å². The van der Waals surface area contributed by atoms with Crippen LogP contribution in [-0.2, 0) is 0 Å². The van der Waals surface area contributed by atoms with E-state index in [2.05, 4.69) is 4.74 Å². The van der Waals surface area contributed by atoms with Gasteiger partial charge in [0.05, 0.1) is 7.11 Å². The Morgan fingerprint density at radius 1 is 1.29 bits per heavy atom. The van der Waals surface area contributed by atoms with Crippen molar-refractivity contribution in [3.63, 3.8) is 0 Å². The molecule has 0 amide bonds. The van der Waals surface area contributed by atoms with E-state index in [1.807, 2.05) is 0 Å². The third-order valence-electron chi connectivity index (χ3n) is 1.93. The van der Waals surface area contributed by atoms with Crippen molar-refractivity contribution < 1.29 is 22.6 Å². The molecule has 7 heteroatoms. The van der Waals surface area contributed by atoms with Crippen LogP contribution in [-0.4, -0.2) is 13.5 Å². The molecule has 1 aromatic carbocycles. The van der Waals surface area contributed by atoms with Crippen LogP contribution in [0.1, 0.15) is 18.5 Å². The molecule has 98 valence electrons. The molecule has 0 fully saturated rings. The van der Waals surface area contributed by atoms with Crippen LogP contribution in [0.3, 0.4) is 0 Å². The van der Waals surface area contributed by atoms with Crippen molar-refractivity contribution in [2.75, 3.05) is 7.11 Å². The highest BCUT2D eigenvalue weighted by Crippen LogP contribution is 2.31. The monoisotopic (exact) mass is 271 g/mol. The first-order valence-corrected chi connectivity index (χ1v) is 4.52. The Bertz CT molecular complexity index is 369. The molecule has 3 nitrogen and oxygen atoms in total. The highest BCUT2D eigenvalue weighted by molar-refractivity contribution is 5.85. The zero-order chi connectivity index (χ0) is 12.3. The number of benzene rings is 1. The van der Waals surface area contributed by atoms with Crippen LogP contribution in [0.5, 0.6) is 11.5 Å². The van der Waals surface area contributed by atoms with Crippen molar-refractivity contribution in [2.24, 2.45) is 5.73 Å². The standard InChI is InChI=1S/C10H12F3NO2.ClH/c1-6(14)8-4-3-7(5-9(8)15-2)16-10(11,12)13;/h3-6H,14H2,1-2H3;1H/t6-;/m0./s1. The molecular weight excluding hydrogens is 259 g/mol. The summed E-state index contributed by atoms with van der Waals surface area (Å²) in [5.74, 6) is -0.0505. The van der Waals surface area contributed by atoms with Crippen molar-refractivity contribution >= 4 is 12.4 Å². The average Bonchev–Trinajstić information content (AvgIpc) is 2.14. The Morgan fingerprint density at radius 3 is 2.29 bits per heavy atom. The summed E-state index contributed by atoms with van der Waals surface area (Å²) < 4.78 is 44.5. The van der Waals surface area contributed by atoms with Crippen molar-refractivity contribution in [2.45, 2.75) is 19.3 Å². The molecule has 1 aromatic rings. The molecule has 2 N–H and O–H groups in total. The molecule has 0 aromatic heterocycles. The van der Waals surface area contributed by atoms with Gasteiger partial charge in [-0.2, -0.15) is 0 Å². The van der Waals surface area contributed by atoms with Crippen molar-refractivity contribution in [3.05, 3.63) is 23.8 Å². The lowest BCUT2D eigenvalue weighted by Crippen LogP contribution is -2.17. The van der Waals surface area contributed by atoms with Crippen molar-refractivity contribution in [1.29, 1.82) is 0 Å². The molecule has 0 aliphatic heterocycles. The van der Waals surface area contributed by atoms with E-state index in [9.17, 15) is 13.2 Å². The van der Waals surface area contributed by atoms with Crippen LogP contribution in [0, 0.1) is 0 Å². The fourth-order valence-electron chi connectivity index (χ4n) is 1.26. The first-order chi connectivity index (χ1) is 7.33. The lowest BCUT2D eigenvalue weighted by Gasteiger charge is -2.14. The van der Waals surface area contributed by atoms with Gasteiger partial charge in [0.1, 0.15) is 11.5 Å². The average molecular weight is 272 g/mol. The lowest BCUT2D eigenvalue weighted by molar-refractivity contribution is -0.274. The number of ether oxygens (including phenoxy) is 2. The van der Waals surface area contributed by atoms with Crippen molar-refractivity contribution in [3.8, 4) is 11.5 Å². The summed E-state index contributed by atoms with van der Waals surface area (Å²) >= 11 is 0. The third-order valence-corrected chi connectivity index (χ3v) is 1.93. The molecule has 0 saturated carbocycles. The second-order valence-corrected chi connectivity index (χ2v) is 3.24. The smallest absolute Gasteiger partial charge is 0.496 e. The highest BCUT2D eigenvalue weighted by Gasteiger charge is 2.31. The number of halogens is 4. The van der Waals surface area contributed by atoms with Crippen LogP contribution in [0.25, 0.3) is 0 Å². The van der Waals surface area contributed by atoms with E-state index >= 15 is 0 Å². The molecule has 17 heavy (non-hydrogen) atoms. The van der Waals surface area contributed by atoms with Gasteiger partial charge in [-0.15, -0.1) is 25.6 Å². The lowest BCUT2D eigenvalue weighted by atomic mass is 10.1. The maximum atomic E-state index is 11.9. The van der Waals surface area contributed by atoms with E-state index in [0.717, 1.165) is 6.07 Å². The van der Waals surface area contributed by atoms with Gasteiger partial charge in [-0.25, -0.2) is 0 Å². The molecule has 1 rings (SSSR count). The number of hydrogen-bond acceptors (Lipinski definition) is 3. The summed E-state index contributed by atoms with van der Waals surface area (Å²) in [4.78, 5) is 0. The van der Waals surface area contributed by atoms with Gasteiger partial charge in [0.25, 0.3) is 0 Å². The number of hydrogen-bond donors (Lipinski definition) is 1. The largest absolute Gasteiger partial charge is 0.573 e. The molecule has 0 bridgehead atoms. The van der Waals surface area contributed by atoms with Crippen LogP contribution in [0.15, 0.2) is 18.2 Å². The molecule has 0 spiro atoms. The SMILES string of the molecule is COc1cc(OC(F)(F)F)ccc1[C@H](C)N.Cl. The summed E-state index contributed by atoms with van der Waals surface area (Å²) in [6.45, 7) is 1.71. The van der Waals surface area contributed by atoms with E-state index in [1.54, 1.807) is 6.92 Å². The molecule has 0 heterocycles. The Balaban J connectivity index is 0.00000256. The van der Waals surface area contributed by atoms with Gasteiger partial charge in [-0.1, -0.05) is 6.07 Å². The number of nitrogens with two attached hydrogens (primary N) is 1. The first-order valence-electron chi connectivity index (χ1n) is 4.52. The van der Waals surface area contributed by atoms with Gasteiger partial charge in [0.2, 0.25) is 0 Å². The fraction of sp³-hybridized carbons (Fsp3) is 0.400. The molecule has 0 saturated heterocycles. The second-order valence-electron chi connectivity index (χ2n) is 3.24. The predicted octanol–water partition coefficient (Wildman–Crippen LogP) is 3.04. The molecule has 0 aliphatic rings. The molecule has 0 unspecified atom stereocenters. The maximum absolute atomic E-state index is 11.9. The Kier molecular flexibility index (Phi) is 5.57. The summed E-state index contributed by atoms with van der Waals surface area (Å²) in [6, 6.07) is 3.49. The summed E-state index contributed by atoms with van der Waals surface area (Å²) in [7, 11) is 1.36. The Hall–Kier alpha value is -1.14. The fourth-order valence-corrected chi connectivity index (χ4v) is 1.26. The quantitative estimate of drug-likeness (QED) is 0.919. The maximum Gasteiger partial charge on any atom is 0.573 e. The van der Waals surface area contributed by atoms with Crippen LogP contribution < -0.4 is 15.2 Å². The molecular formula is C10H13ClF3NO2. The van der Waals surface area contributed by atoms with Gasteiger partial charge in [0.15, 0.2) is 0 Å². The van der Waals surface area contributed by atoms with E-state index in [0.29, 0.717) is 5.56 Å². The summed E-state index contributed by atoms with van der Waals surface area (Å²) in [5.41, 5.74) is 6.25. The first kappa shape index (κ1) is 15.9. The van der Waals surface area contributed by atoms with E-state index in [-0.39, 0.29) is 29.9 Å². The van der Waals surface area contributed by atoms with Gasteiger partial charge >= 0.3 is 6.36 Å². The number of rotatable bonds is 3. The normalized spacial score (nSPS) is 12.6. The Morgan fingerprint density at radius 2 is 1.88 bits per heavy atom. The molecule has 0 radical (unpaired) electrons. The van der Waals surface area contributed by atoms with Crippen LogP contribution in [0.4, 0.5) is 13.2 Å². The minimum atomic E-state index is -4.71. The van der Waals surface area contributed by atoms with Crippen LogP contribution >= 0.6 is 12.4 Å². The van der Waals surface area contributed by atoms with Crippen LogP contribution in [0.2, 0.25) is 0 Å². The number of methoxy groups -OCH3 is 1. The highest BCUT2D eigenvalue weighted by atomic mass is 35.5. The minimum absolute atomic E-state index is 0. The Labute approximate surface area is 103 Å². The van der Waals surface area contributed by atoms with Crippen molar-refractivity contribution in [1.82, 2.24) is 0 Å². The van der Waals surface area contributed by atoms with E-state index in [1.165, 1.54) is 19.2 Å². The zero-order valence-electron chi connectivity index (χ0n) is 9.25. The summed E-state index contributed by atoms with van der Waals surface area (Å²) in [5, 5.41) is 0.